The predicted octanol–water partition coefficient (Wildman–Crippen LogP) is 4.71. The van der Waals surface area contributed by atoms with Crippen molar-refractivity contribution in [3.63, 3.8) is 0 Å². The number of amides is 2. The molecule has 0 aliphatic heterocycles. The molecule has 1 N–H and O–H groups in total. The van der Waals surface area contributed by atoms with Crippen LogP contribution < -0.4 is 10.1 Å². The molecule has 0 aromatic heterocycles. The Bertz CT molecular complexity index is 1040. The molecule has 2 amide bonds. The van der Waals surface area contributed by atoms with Crippen LogP contribution >= 0.6 is 34.2 Å². The number of benzene rings is 3. The fourth-order valence-electron chi connectivity index (χ4n) is 3.29. The summed E-state index contributed by atoms with van der Waals surface area (Å²) < 4.78 is 6.80. The maximum absolute atomic E-state index is 13.3. The van der Waals surface area contributed by atoms with Crippen molar-refractivity contribution >= 4 is 46.0 Å². The summed E-state index contributed by atoms with van der Waals surface area (Å²) in [4.78, 5) is 27.7. The molecule has 1 unspecified atom stereocenters. The smallest absolute Gasteiger partial charge is 0.261 e. The van der Waals surface area contributed by atoms with Crippen molar-refractivity contribution in [3.05, 3.63) is 98.6 Å². The molecule has 3 rings (SSSR count). The van der Waals surface area contributed by atoms with Gasteiger partial charge in [-0.3, -0.25) is 9.59 Å². The van der Waals surface area contributed by atoms with Crippen LogP contribution in [0.15, 0.2) is 78.9 Å². The second kappa shape index (κ2) is 11.9. The van der Waals surface area contributed by atoms with E-state index in [0.717, 1.165) is 14.7 Å². The number of hydrogen-bond acceptors (Lipinski definition) is 3. The third kappa shape index (κ3) is 6.71. The van der Waals surface area contributed by atoms with E-state index in [-0.39, 0.29) is 25.0 Å². The zero-order chi connectivity index (χ0) is 22.9. The predicted molar refractivity (Wildman–Crippen MR) is 135 cm³/mol. The topological polar surface area (TPSA) is 58.6 Å². The second-order valence-electron chi connectivity index (χ2n) is 7.18. The summed E-state index contributed by atoms with van der Waals surface area (Å²) in [5.74, 6) is 0.0486. The lowest BCUT2D eigenvalue weighted by atomic mass is 10.0. The molecule has 3 aromatic carbocycles. The van der Waals surface area contributed by atoms with Crippen molar-refractivity contribution in [2.75, 3.05) is 13.7 Å². The summed E-state index contributed by atoms with van der Waals surface area (Å²) in [6.45, 7) is 0.00675. The summed E-state index contributed by atoms with van der Waals surface area (Å²) in [5, 5.41) is 3.23. The molecule has 5 nitrogen and oxygen atoms in total. The van der Waals surface area contributed by atoms with Crippen LogP contribution in [0.2, 0.25) is 5.02 Å². The fourth-order valence-corrected chi connectivity index (χ4v) is 3.84. The first-order valence-corrected chi connectivity index (χ1v) is 11.6. The minimum atomic E-state index is -0.716. The summed E-state index contributed by atoms with van der Waals surface area (Å²) >= 11 is 8.58. The van der Waals surface area contributed by atoms with E-state index in [0.29, 0.717) is 17.2 Å². The van der Waals surface area contributed by atoms with E-state index in [9.17, 15) is 9.59 Å². The van der Waals surface area contributed by atoms with Gasteiger partial charge in [0.15, 0.2) is 6.61 Å². The minimum Gasteiger partial charge on any atom is -0.484 e. The number of ether oxygens (including phenoxy) is 1. The summed E-state index contributed by atoms with van der Waals surface area (Å²) in [5.41, 5.74) is 1.72. The van der Waals surface area contributed by atoms with E-state index < -0.39 is 6.04 Å². The molecule has 3 aromatic rings. The average molecular weight is 563 g/mol. The zero-order valence-corrected chi connectivity index (χ0v) is 20.5. The minimum absolute atomic E-state index is 0.187. The third-order valence-corrected chi connectivity index (χ3v) is 6.08. The molecule has 0 fully saturated rings. The molecule has 0 aliphatic rings. The number of likely N-dealkylation sites (N-methyl/N-ethyl adjacent to an activating group) is 1. The Balaban J connectivity index is 1.87. The van der Waals surface area contributed by atoms with Gasteiger partial charge < -0.3 is 15.0 Å². The van der Waals surface area contributed by atoms with Crippen LogP contribution in [0, 0.1) is 3.57 Å². The van der Waals surface area contributed by atoms with Gasteiger partial charge in [-0.25, -0.2) is 0 Å². The number of nitrogens with one attached hydrogen (secondary N) is 1. The van der Waals surface area contributed by atoms with E-state index in [1.54, 1.807) is 18.0 Å². The number of carbonyl (C=O) groups is 2. The Labute approximate surface area is 206 Å². The van der Waals surface area contributed by atoms with Crippen LogP contribution in [0.25, 0.3) is 0 Å². The van der Waals surface area contributed by atoms with Crippen molar-refractivity contribution in [2.45, 2.75) is 19.0 Å². The SMILES string of the molecule is CNC(=O)C(Cc1ccccc1)N(Cc1ccccc1Cl)C(=O)COc1ccc(I)cc1. The zero-order valence-electron chi connectivity index (χ0n) is 17.6. The van der Waals surface area contributed by atoms with Crippen molar-refractivity contribution in [1.29, 1.82) is 0 Å². The highest BCUT2D eigenvalue weighted by atomic mass is 127. The maximum Gasteiger partial charge on any atom is 0.261 e. The normalized spacial score (nSPS) is 11.5. The van der Waals surface area contributed by atoms with Crippen LogP contribution in [0.1, 0.15) is 11.1 Å². The number of carbonyl (C=O) groups excluding carboxylic acids is 2. The van der Waals surface area contributed by atoms with Gasteiger partial charge in [-0.1, -0.05) is 60.1 Å². The molecule has 0 saturated carbocycles. The first-order valence-electron chi connectivity index (χ1n) is 10.1. The number of rotatable bonds is 9. The van der Waals surface area contributed by atoms with Crippen LogP contribution in [-0.4, -0.2) is 36.4 Å². The Morgan fingerprint density at radius 2 is 1.66 bits per heavy atom. The number of hydrogen-bond donors (Lipinski definition) is 1. The second-order valence-corrected chi connectivity index (χ2v) is 8.83. The lowest BCUT2D eigenvalue weighted by molar-refractivity contribution is -0.142. The molecule has 166 valence electrons. The summed E-state index contributed by atoms with van der Waals surface area (Å²) in [6, 6.07) is 23.7. The molecule has 32 heavy (non-hydrogen) atoms. The van der Waals surface area contributed by atoms with Crippen molar-refractivity contribution < 1.29 is 14.3 Å². The molecule has 7 heteroatoms. The van der Waals surface area contributed by atoms with Gasteiger partial charge >= 0.3 is 0 Å². The van der Waals surface area contributed by atoms with E-state index in [1.807, 2.05) is 72.8 Å². The highest BCUT2D eigenvalue weighted by Gasteiger charge is 2.30. The van der Waals surface area contributed by atoms with Crippen LogP contribution in [0.4, 0.5) is 0 Å². The quantitative estimate of drug-likeness (QED) is 0.385. The van der Waals surface area contributed by atoms with Crippen molar-refractivity contribution in [1.82, 2.24) is 10.2 Å². The van der Waals surface area contributed by atoms with Gasteiger partial charge in [-0.2, -0.15) is 0 Å². The Hall–Kier alpha value is -2.58. The Morgan fingerprint density at radius 1 is 1.00 bits per heavy atom. The summed E-state index contributed by atoms with van der Waals surface area (Å²) in [6.07, 6.45) is 0.375. The lowest BCUT2D eigenvalue weighted by Crippen LogP contribution is -2.51. The maximum atomic E-state index is 13.3. The lowest BCUT2D eigenvalue weighted by Gasteiger charge is -2.31. The molecule has 0 bridgehead atoms. The molecule has 0 spiro atoms. The average Bonchev–Trinajstić information content (AvgIpc) is 2.82. The van der Waals surface area contributed by atoms with Gasteiger partial charge in [0.05, 0.1) is 0 Å². The first-order chi connectivity index (χ1) is 15.5. The van der Waals surface area contributed by atoms with Gasteiger partial charge in [-0.05, 0) is 64.0 Å². The van der Waals surface area contributed by atoms with Gasteiger partial charge in [0.2, 0.25) is 5.91 Å². The molecular weight excluding hydrogens is 539 g/mol. The van der Waals surface area contributed by atoms with Gasteiger partial charge in [0.1, 0.15) is 11.8 Å². The monoisotopic (exact) mass is 562 g/mol. The molecule has 0 heterocycles. The molecular formula is C25H24ClIN2O3. The number of nitrogens with zero attached hydrogens (tertiary/aromatic N) is 1. The highest BCUT2D eigenvalue weighted by molar-refractivity contribution is 14.1. The van der Waals surface area contributed by atoms with Gasteiger partial charge in [-0.15, -0.1) is 0 Å². The molecule has 1 atom stereocenters. The van der Waals surface area contributed by atoms with E-state index in [1.165, 1.54) is 0 Å². The van der Waals surface area contributed by atoms with Crippen molar-refractivity contribution in [3.8, 4) is 5.75 Å². The van der Waals surface area contributed by atoms with E-state index in [2.05, 4.69) is 27.9 Å². The first kappa shape index (κ1) is 24.1. The molecule has 0 saturated heterocycles. The van der Waals surface area contributed by atoms with Gasteiger partial charge in [0, 0.05) is 28.6 Å². The molecule has 0 radical (unpaired) electrons. The van der Waals surface area contributed by atoms with Crippen LogP contribution in [0.5, 0.6) is 5.75 Å². The summed E-state index contributed by atoms with van der Waals surface area (Å²) in [7, 11) is 1.57. The highest BCUT2D eigenvalue weighted by Crippen LogP contribution is 2.21. The van der Waals surface area contributed by atoms with E-state index in [4.69, 9.17) is 16.3 Å². The fraction of sp³-hybridized carbons (Fsp3) is 0.200. The molecule has 0 aliphatic carbocycles. The standard InChI is InChI=1S/C25H24ClIN2O3/c1-28-25(31)23(15-18-7-3-2-4-8-18)29(16-19-9-5-6-10-22(19)26)24(30)17-32-21-13-11-20(27)12-14-21/h2-14,23H,15-17H2,1H3,(H,28,31). The van der Waals surface area contributed by atoms with Gasteiger partial charge in [0.25, 0.3) is 5.91 Å². The third-order valence-electron chi connectivity index (χ3n) is 4.99. The van der Waals surface area contributed by atoms with Crippen molar-refractivity contribution in [2.24, 2.45) is 0 Å². The van der Waals surface area contributed by atoms with Crippen LogP contribution in [-0.2, 0) is 22.6 Å². The Morgan fingerprint density at radius 3 is 2.31 bits per heavy atom. The van der Waals surface area contributed by atoms with E-state index >= 15 is 0 Å². The number of halogens is 2. The Kier molecular flexibility index (Phi) is 8.93. The largest absolute Gasteiger partial charge is 0.484 e. The van der Waals surface area contributed by atoms with Crippen LogP contribution in [0.3, 0.4) is 0 Å².